The third-order valence-corrected chi connectivity index (χ3v) is 3.65. The monoisotopic (exact) mass is 307 g/mol. The third kappa shape index (κ3) is 4.36. The van der Waals surface area contributed by atoms with Crippen molar-refractivity contribution in [2.75, 3.05) is 7.11 Å². The Balaban J connectivity index is 2.96. The van der Waals surface area contributed by atoms with Crippen LogP contribution in [0.1, 0.15) is 13.3 Å². The summed E-state index contributed by atoms with van der Waals surface area (Å²) in [5, 5.41) is 10.3. The molecule has 0 bridgehead atoms. The minimum atomic E-state index is -0.736. The average Bonchev–Trinajstić information content (AvgIpc) is 2.32. The number of hydrogen-bond donors (Lipinski definition) is 0. The first-order chi connectivity index (χ1) is 8.85. The van der Waals surface area contributed by atoms with E-state index in [4.69, 9.17) is 11.6 Å². The van der Waals surface area contributed by atoms with E-state index in [0.29, 0.717) is 0 Å². The van der Waals surface area contributed by atoms with E-state index in [1.54, 1.807) is 6.92 Å². The smallest absolute Gasteiger partial charge is 0.306 e. The molecular weight excluding hydrogens is 297 g/mol. The van der Waals surface area contributed by atoms with Crippen molar-refractivity contribution in [3.05, 3.63) is 33.1 Å². The predicted octanol–water partition coefficient (Wildman–Crippen LogP) is 3.43. The molecule has 0 saturated carbocycles. The number of benzene rings is 1. The number of carbonyl (C=O) groups is 1. The highest BCUT2D eigenvalue weighted by Gasteiger charge is 2.21. The van der Waals surface area contributed by atoms with Gasteiger partial charge in [0.2, 0.25) is 0 Å². The summed E-state index contributed by atoms with van der Waals surface area (Å²) in [6.45, 7) is 1.69. The van der Waals surface area contributed by atoms with E-state index in [-0.39, 0.29) is 27.3 Å². The number of halogens is 2. The van der Waals surface area contributed by atoms with Gasteiger partial charge in [-0.15, -0.1) is 11.8 Å². The Morgan fingerprint density at radius 2 is 2.26 bits per heavy atom. The first-order valence-electron chi connectivity index (χ1n) is 5.22. The van der Waals surface area contributed by atoms with Crippen molar-refractivity contribution in [3.8, 4) is 0 Å². The van der Waals surface area contributed by atoms with Gasteiger partial charge in [0.15, 0.2) is 0 Å². The van der Waals surface area contributed by atoms with Crippen molar-refractivity contribution >= 4 is 35.0 Å². The molecule has 0 aliphatic rings. The summed E-state index contributed by atoms with van der Waals surface area (Å²) < 4.78 is 17.8. The fourth-order valence-corrected chi connectivity index (χ4v) is 2.57. The highest BCUT2D eigenvalue weighted by Crippen LogP contribution is 2.36. The third-order valence-electron chi connectivity index (χ3n) is 2.21. The molecule has 0 aliphatic heterocycles. The summed E-state index contributed by atoms with van der Waals surface area (Å²) in [5.41, 5.74) is -0.284. The molecule has 1 aromatic rings. The van der Waals surface area contributed by atoms with E-state index < -0.39 is 16.7 Å². The quantitative estimate of drug-likeness (QED) is 0.361. The molecule has 1 aromatic carbocycles. The second-order valence-electron chi connectivity index (χ2n) is 3.70. The summed E-state index contributed by atoms with van der Waals surface area (Å²) in [7, 11) is 1.25. The molecule has 0 fully saturated rings. The number of nitro groups is 1. The van der Waals surface area contributed by atoms with Gasteiger partial charge in [0.05, 0.1) is 28.4 Å². The van der Waals surface area contributed by atoms with Crippen LogP contribution in [0.4, 0.5) is 10.1 Å². The summed E-state index contributed by atoms with van der Waals surface area (Å²) in [6, 6.07) is 1.96. The van der Waals surface area contributed by atoms with Gasteiger partial charge in [0.1, 0.15) is 5.82 Å². The molecule has 0 radical (unpaired) electrons. The SMILES string of the molecule is COC(=O)CC(C)Sc1cc(F)c(Cl)cc1[N+](=O)[O-]. The summed E-state index contributed by atoms with van der Waals surface area (Å²) in [4.78, 5) is 21.4. The second-order valence-corrected chi connectivity index (χ2v) is 5.59. The molecule has 1 atom stereocenters. The molecule has 5 nitrogen and oxygen atoms in total. The Morgan fingerprint density at radius 1 is 1.63 bits per heavy atom. The van der Waals surface area contributed by atoms with Crippen molar-refractivity contribution in [3.63, 3.8) is 0 Å². The van der Waals surface area contributed by atoms with Crippen molar-refractivity contribution in [1.82, 2.24) is 0 Å². The van der Waals surface area contributed by atoms with Crippen molar-refractivity contribution in [2.24, 2.45) is 0 Å². The largest absolute Gasteiger partial charge is 0.469 e. The molecule has 1 rings (SSSR count). The topological polar surface area (TPSA) is 69.4 Å². The summed E-state index contributed by atoms with van der Waals surface area (Å²) in [6.07, 6.45) is 0.0720. The van der Waals surface area contributed by atoms with Gasteiger partial charge in [-0.2, -0.15) is 0 Å². The lowest BCUT2D eigenvalue weighted by molar-refractivity contribution is -0.387. The minimum Gasteiger partial charge on any atom is -0.469 e. The van der Waals surface area contributed by atoms with Crippen LogP contribution < -0.4 is 0 Å². The number of rotatable bonds is 5. The van der Waals surface area contributed by atoms with E-state index in [2.05, 4.69) is 4.74 Å². The molecule has 0 spiro atoms. The molecule has 8 heteroatoms. The van der Waals surface area contributed by atoms with E-state index in [1.807, 2.05) is 0 Å². The van der Waals surface area contributed by atoms with Gasteiger partial charge in [0, 0.05) is 11.3 Å². The fourth-order valence-electron chi connectivity index (χ4n) is 1.33. The van der Waals surface area contributed by atoms with E-state index in [9.17, 15) is 19.3 Å². The summed E-state index contributed by atoms with van der Waals surface area (Å²) in [5.74, 6) is -1.17. The highest BCUT2D eigenvalue weighted by molar-refractivity contribution is 8.00. The fraction of sp³-hybridized carbons (Fsp3) is 0.364. The number of thioether (sulfide) groups is 1. The maximum absolute atomic E-state index is 13.3. The molecule has 1 unspecified atom stereocenters. The van der Waals surface area contributed by atoms with Crippen molar-refractivity contribution in [2.45, 2.75) is 23.5 Å². The first kappa shape index (κ1) is 15.7. The number of hydrogen-bond acceptors (Lipinski definition) is 5. The van der Waals surface area contributed by atoms with Gasteiger partial charge < -0.3 is 4.74 Å². The molecule has 0 heterocycles. The zero-order chi connectivity index (χ0) is 14.6. The standard InChI is InChI=1S/C11H11ClFNO4S/c1-6(3-11(15)18-2)19-10-5-8(13)7(12)4-9(10)14(16)17/h4-6H,3H2,1-2H3. The number of methoxy groups -OCH3 is 1. The van der Waals surface area contributed by atoms with Gasteiger partial charge in [0.25, 0.3) is 5.69 Å². The summed E-state index contributed by atoms with van der Waals surface area (Å²) >= 11 is 6.53. The zero-order valence-corrected chi connectivity index (χ0v) is 11.8. The maximum atomic E-state index is 13.3. The number of nitrogens with zero attached hydrogens (tertiary/aromatic N) is 1. The zero-order valence-electron chi connectivity index (χ0n) is 10.2. The molecule has 104 valence electrons. The molecule has 0 aliphatic carbocycles. The van der Waals surface area contributed by atoms with Gasteiger partial charge in [-0.3, -0.25) is 14.9 Å². The second kappa shape index (κ2) is 6.72. The normalized spacial score (nSPS) is 12.0. The lowest BCUT2D eigenvalue weighted by Crippen LogP contribution is -2.08. The number of nitro benzene ring substituents is 1. The van der Waals surface area contributed by atoms with Crippen LogP contribution in [0, 0.1) is 15.9 Å². The van der Waals surface area contributed by atoms with Crippen LogP contribution in [0.15, 0.2) is 17.0 Å². The molecule has 0 saturated heterocycles. The van der Waals surface area contributed by atoms with Crippen LogP contribution in [0.5, 0.6) is 0 Å². The predicted molar refractivity (Wildman–Crippen MR) is 70.0 cm³/mol. The van der Waals surface area contributed by atoms with Crippen LogP contribution >= 0.6 is 23.4 Å². The Labute approximate surface area is 118 Å². The van der Waals surface area contributed by atoms with Crippen LogP contribution in [0.3, 0.4) is 0 Å². The van der Waals surface area contributed by atoms with Crippen LogP contribution in [-0.2, 0) is 9.53 Å². The van der Waals surface area contributed by atoms with Gasteiger partial charge in [-0.1, -0.05) is 18.5 Å². The molecule has 19 heavy (non-hydrogen) atoms. The Bertz CT molecular complexity index is 512. The average molecular weight is 308 g/mol. The number of ether oxygens (including phenoxy) is 1. The van der Waals surface area contributed by atoms with Crippen LogP contribution in [0.2, 0.25) is 5.02 Å². The number of esters is 1. The molecular formula is C11H11ClFNO4S. The van der Waals surface area contributed by atoms with Gasteiger partial charge in [-0.05, 0) is 6.07 Å². The van der Waals surface area contributed by atoms with Crippen molar-refractivity contribution < 1.29 is 18.8 Å². The van der Waals surface area contributed by atoms with Gasteiger partial charge in [-0.25, -0.2) is 4.39 Å². The van der Waals surface area contributed by atoms with Gasteiger partial charge >= 0.3 is 5.97 Å². The molecule has 0 aromatic heterocycles. The number of carbonyl (C=O) groups excluding carboxylic acids is 1. The van der Waals surface area contributed by atoms with E-state index in [0.717, 1.165) is 23.9 Å². The van der Waals surface area contributed by atoms with Crippen LogP contribution in [0.25, 0.3) is 0 Å². The Hall–Kier alpha value is -1.34. The lowest BCUT2D eigenvalue weighted by atomic mass is 10.3. The van der Waals surface area contributed by atoms with E-state index in [1.165, 1.54) is 7.11 Å². The molecule has 0 N–H and O–H groups in total. The van der Waals surface area contributed by atoms with Crippen LogP contribution in [-0.4, -0.2) is 23.3 Å². The molecule has 0 amide bonds. The lowest BCUT2D eigenvalue weighted by Gasteiger charge is -2.10. The van der Waals surface area contributed by atoms with Crippen molar-refractivity contribution in [1.29, 1.82) is 0 Å². The first-order valence-corrected chi connectivity index (χ1v) is 6.47. The Kier molecular flexibility index (Phi) is 5.56. The maximum Gasteiger partial charge on any atom is 0.306 e. The minimum absolute atomic E-state index is 0.0720. The Morgan fingerprint density at radius 3 is 2.79 bits per heavy atom. The highest BCUT2D eigenvalue weighted by atomic mass is 35.5. The van der Waals surface area contributed by atoms with E-state index >= 15 is 0 Å².